The van der Waals surface area contributed by atoms with Crippen LogP contribution in [-0.2, 0) is 18.3 Å². The summed E-state index contributed by atoms with van der Waals surface area (Å²) in [5.41, 5.74) is 3.45. The Morgan fingerprint density at radius 1 is 1.07 bits per heavy atom. The second-order valence-corrected chi connectivity index (χ2v) is 8.35. The largest absolute Gasteiger partial charge is 0.348 e. The highest BCUT2D eigenvalue weighted by molar-refractivity contribution is 7.99. The molecule has 1 atom stereocenters. The average molecular weight is 409 g/mol. The Morgan fingerprint density at radius 2 is 1.76 bits per heavy atom. The summed E-state index contributed by atoms with van der Waals surface area (Å²) < 4.78 is 1.93. The zero-order valence-corrected chi connectivity index (χ0v) is 18.2. The summed E-state index contributed by atoms with van der Waals surface area (Å²) in [5, 5.41) is 12.4. The maximum Gasteiger partial charge on any atom is 0.230 e. The molecular formula is C23H28N4OS. The van der Waals surface area contributed by atoms with Gasteiger partial charge in [0.25, 0.3) is 0 Å². The Bertz CT molecular complexity index is 935. The first-order valence-corrected chi connectivity index (χ1v) is 10.9. The molecule has 0 unspecified atom stereocenters. The second kappa shape index (κ2) is 9.74. The van der Waals surface area contributed by atoms with E-state index >= 15 is 0 Å². The summed E-state index contributed by atoms with van der Waals surface area (Å²) in [6, 6.07) is 18.4. The molecule has 3 rings (SSSR count). The van der Waals surface area contributed by atoms with E-state index in [9.17, 15) is 4.79 Å². The molecule has 0 saturated carbocycles. The van der Waals surface area contributed by atoms with E-state index in [1.165, 1.54) is 17.3 Å². The quantitative estimate of drug-likeness (QED) is 0.551. The van der Waals surface area contributed by atoms with Gasteiger partial charge in [-0.2, -0.15) is 0 Å². The highest BCUT2D eigenvalue weighted by Gasteiger charge is 2.19. The lowest BCUT2D eigenvalue weighted by Gasteiger charge is -2.23. The molecule has 1 heterocycles. The number of aryl methyl sites for hydroxylation is 1. The number of rotatable bonds is 8. The minimum absolute atomic E-state index is 0.00229. The number of hydrogen-bond donors (Lipinski definition) is 1. The van der Waals surface area contributed by atoms with Crippen molar-refractivity contribution in [1.82, 2.24) is 20.1 Å². The van der Waals surface area contributed by atoms with Gasteiger partial charge in [0.05, 0.1) is 11.8 Å². The maximum absolute atomic E-state index is 12.6. The van der Waals surface area contributed by atoms with E-state index in [4.69, 9.17) is 0 Å². The van der Waals surface area contributed by atoms with E-state index in [1.54, 1.807) is 0 Å². The van der Waals surface area contributed by atoms with Gasteiger partial charge in [0.15, 0.2) is 11.0 Å². The number of benzene rings is 2. The van der Waals surface area contributed by atoms with Gasteiger partial charge >= 0.3 is 0 Å². The summed E-state index contributed by atoms with van der Waals surface area (Å²) >= 11 is 1.40. The topological polar surface area (TPSA) is 59.8 Å². The third kappa shape index (κ3) is 5.26. The highest BCUT2D eigenvalue weighted by Crippen LogP contribution is 2.24. The van der Waals surface area contributed by atoms with Gasteiger partial charge in [-0.15, -0.1) is 10.2 Å². The predicted octanol–water partition coefficient (Wildman–Crippen LogP) is 4.65. The molecule has 152 valence electrons. The van der Waals surface area contributed by atoms with Crippen molar-refractivity contribution in [2.45, 2.75) is 38.4 Å². The first-order chi connectivity index (χ1) is 14.0. The van der Waals surface area contributed by atoms with Gasteiger partial charge in [-0.25, -0.2) is 0 Å². The summed E-state index contributed by atoms with van der Waals surface area (Å²) in [7, 11) is 1.93. The third-order valence-corrected chi connectivity index (χ3v) is 5.95. The molecule has 3 aromatic rings. The number of amides is 1. The summed E-state index contributed by atoms with van der Waals surface area (Å²) in [6.07, 6.45) is 1.01. The molecule has 29 heavy (non-hydrogen) atoms. The predicted molar refractivity (Wildman–Crippen MR) is 119 cm³/mol. The first-order valence-electron chi connectivity index (χ1n) is 9.95. The lowest BCUT2D eigenvalue weighted by Crippen LogP contribution is -2.33. The molecule has 0 saturated heterocycles. The lowest BCUT2D eigenvalue weighted by molar-refractivity contribution is -0.119. The van der Waals surface area contributed by atoms with Crippen molar-refractivity contribution in [1.29, 1.82) is 0 Å². The van der Waals surface area contributed by atoms with E-state index in [-0.39, 0.29) is 11.9 Å². The van der Waals surface area contributed by atoms with Crippen molar-refractivity contribution in [2.24, 2.45) is 13.0 Å². The Morgan fingerprint density at radius 3 is 2.38 bits per heavy atom. The first kappa shape index (κ1) is 21.1. The van der Waals surface area contributed by atoms with Gasteiger partial charge in [-0.1, -0.05) is 87.1 Å². The summed E-state index contributed by atoms with van der Waals surface area (Å²) in [5.74, 6) is 1.40. The number of thioether (sulfide) groups is 1. The molecule has 6 heteroatoms. The molecule has 0 spiro atoms. The molecule has 0 fully saturated rings. The van der Waals surface area contributed by atoms with Crippen LogP contribution in [0.2, 0.25) is 0 Å². The van der Waals surface area contributed by atoms with Crippen molar-refractivity contribution < 1.29 is 4.79 Å². The normalized spacial score (nSPS) is 12.2. The Labute approximate surface area is 176 Å². The van der Waals surface area contributed by atoms with Gasteiger partial charge in [0.2, 0.25) is 5.91 Å². The molecular weight excluding hydrogens is 380 g/mol. The SMILES string of the molecule is CCc1ccc([C@@H](NC(=O)CSc2nnc(-c3ccccc3)n2C)C(C)C)cc1. The van der Waals surface area contributed by atoms with Gasteiger partial charge < -0.3 is 9.88 Å². The van der Waals surface area contributed by atoms with Gasteiger partial charge in [-0.3, -0.25) is 4.79 Å². The van der Waals surface area contributed by atoms with Crippen LogP contribution in [0.5, 0.6) is 0 Å². The van der Waals surface area contributed by atoms with E-state index in [1.807, 2.05) is 41.9 Å². The van der Waals surface area contributed by atoms with E-state index in [2.05, 4.69) is 60.6 Å². The van der Waals surface area contributed by atoms with Crippen LogP contribution in [0.3, 0.4) is 0 Å². The molecule has 0 bridgehead atoms. The van der Waals surface area contributed by atoms with Crippen molar-refractivity contribution in [2.75, 3.05) is 5.75 Å². The molecule has 0 aliphatic rings. The van der Waals surface area contributed by atoms with E-state index in [0.717, 1.165) is 28.5 Å². The van der Waals surface area contributed by atoms with Gasteiger partial charge in [-0.05, 0) is 23.5 Å². The molecule has 1 aromatic heterocycles. The van der Waals surface area contributed by atoms with Crippen LogP contribution in [0.1, 0.15) is 37.9 Å². The van der Waals surface area contributed by atoms with Crippen LogP contribution in [0.4, 0.5) is 0 Å². The molecule has 0 aliphatic heterocycles. The van der Waals surface area contributed by atoms with Gasteiger partial charge in [0, 0.05) is 12.6 Å². The number of carbonyl (C=O) groups is 1. The zero-order chi connectivity index (χ0) is 20.8. The maximum atomic E-state index is 12.6. The molecule has 5 nitrogen and oxygen atoms in total. The number of nitrogens with one attached hydrogen (secondary N) is 1. The molecule has 2 aromatic carbocycles. The van der Waals surface area contributed by atoms with Crippen molar-refractivity contribution in [3.63, 3.8) is 0 Å². The smallest absolute Gasteiger partial charge is 0.230 e. The molecule has 1 amide bonds. The molecule has 1 N–H and O–H groups in total. The highest BCUT2D eigenvalue weighted by atomic mass is 32.2. The third-order valence-electron chi connectivity index (χ3n) is 4.93. The summed E-state index contributed by atoms with van der Waals surface area (Å²) in [6.45, 7) is 6.39. The van der Waals surface area contributed by atoms with Crippen LogP contribution in [0.15, 0.2) is 59.8 Å². The van der Waals surface area contributed by atoms with Crippen LogP contribution < -0.4 is 5.32 Å². The molecule has 0 radical (unpaired) electrons. The monoisotopic (exact) mass is 408 g/mol. The fourth-order valence-electron chi connectivity index (χ4n) is 3.22. The fourth-order valence-corrected chi connectivity index (χ4v) is 3.94. The van der Waals surface area contributed by atoms with Crippen LogP contribution in [0, 0.1) is 5.92 Å². The van der Waals surface area contributed by atoms with Crippen molar-refractivity contribution >= 4 is 17.7 Å². The minimum Gasteiger partial charge on any atom is -0.348 e. The Hall–Kier alpha value is -2.60. The standard InChI is InChI=1S/C23H28N4OS/c1-5-17-11-13-18(14-12-17)21(16(2)3)24-20(28)15-29-23-26-25-22(27(23)4)19-9-7-6-8-10-19/h6-14,16,21H,5,15H2,1-4H3,(H,24,28)/t21-/m0/s1. The minimum atomic E-state index is -0.00613. The number of aromatic nitrogens is 3. The van der Waals surface area contributed by atoms with Crippen LogP contribution in [-0.4, -0.2) is 26.4 Å². The lowest BCUT2D eigenvalue weighted by atomic mass is 9.95. The molecule has 0 aliphatic carbocycles. The Kier molecular flexibility index (Phi) is 7.09. The second-order valence-electron chi connectivity index (χ2n) is 7.40. The fraction of sp³-hybridized carbons (Fsp3) is 0.348. The van der Waals surface area contributed by atoms with E-state index in [0.29, 0.717) is 11.7 Å². The average Bonchev–Trinajstić information content (AvgIpc) is 3.11. The summed E-state index contributed by atoms with van der Waals surface area (Å²) in [4.78, 5) is 12.6. The number of hydrogen-bond acceptors (Lipinski definition) is 4. The van der Waals surface area contributed by atoms with Crippen LogP contribution in [0.25, 0.3) is 11.4 Å². The van der Waals surface area contributed by atoms with Crippen molar-refractivity contribution in [3.8, 4) is 11.4 Å². The zero-order valence-electron chi connectivity index (χ0n) is 17.4. The van der Waals surface area contributed by atoms with Crippen molar-refractivity contribution in [3.05, 3.63) is 65.7 Å². The van der Waals surface area contributed by atoms with E-state index < -0.39 is 0 Å². The Balaban J connectivity index is 1.63. The van der Waals surface area contributed by atoms with Crippen LogP contribution >= 0.6 is 11.8 Å². The number of nitrogens with zero attached hydrogens (tertiary/aromatic N) is 3. The number of carbonyl (C=O) groups excluding carboxylic acids is 1. The van der Waals surface area contributed by atoms with Gasteiger partial charge in [0.1, 0.15) is 0 Å².